The monoisotopic (exact) mass is 531 g/mol. The SMILES string of the molecule is OCCCCCCOc1ccc(C=Cc2nc(C(Cl)(Cl)Cl)nc(C(Cl)(Cl)Cl)n2)cc1. The van der Waals surface area contributed by atoms with Gasteiger partial charge in [0, 0.05) is 6.61 Å². The summed E-state index contributed by atoms with van der Waals surface area (Å²) >= 11 is 35.2. The van der Waals surface area contributed by atoms with E-state index in [1.165, 1.54) is 0 Å². The molecule has 0 unspecified atom stereocenters. The molecule has 1 heterocycles. The van der Waals surface area contributed by atoms with Crippen molar-refractivity contribution < 1.29 is 9.84 Å². The highest BCUT2D eigenvalue weighted by atomic mass is 35.6. The van der Waals surface area contributed by atoms with E-state index in [4.69, 9.17) is 79.4 Å². The van der Waals surface area contributed by atoms with E-state index in [0.717, 1.165) is 37.0 Å². The molecule has 1 aromatic carbocycles. The summed E-state index contributed by atoms with van der Waals surface area (Å²) in [4.78, 5) is 12.1. The van der Waals surface area contributed by atoms with Crippen molar-refractivity contribution in [3.63, 3.8) is 0 Å². The molecule has 1 N–H and O–H groups in total. The summed E-state index contributed by atoms with van der Waals surface area (Å²) in [5, 5.41) is 8.76. The summed E-state index contributed by atoms with van der Waals surface area (Å²) in [6.45, 7) is 0.864. The maximum absolute atomic E-state index is 8.76. The molecule has 30 heavy (non-hydrogen) atoms. The van der Waals surface area contributed by atoms with Crippen molar-refractivity contribution in [2.24, 2.45) is 0 Å². The molecule has 0 aliphatic carbocycles. The Labute approximate surface area is 205 Å². The first-order valence-corrected chi connectivity index (χ1v) is 11.3. The van der Waals surface area contributed by atoms with E-state index in [1.807, 2.05) is 24.3 Å². The minimum atomic E-state index is -1.90. The van der Waals surface area contributed by atoms with Gasteiger partial charge in [0.2, 0.25) is 7.59 Å². The minimum absolute atomic E-state index is 0.147. The number of hydrogen-bond acceptors (Lipinski definition) is 5. The third-order valence-electron chi connectivity index (χ3n) is 3.79. The first-order valence-electron chi connectivity index (χ1n) is 9.02. The van der Waals surface area contributed by atoms with Crippen molar-refractivity contribution in [3.8, 4) is 5.75 Å². The van der Waals surface area contributed by atoms with Crippen LogP contribution in [0.4, 0.5) is 0 Å². The van der Waals surface area contributed by atoms with Crippen LogP contribution >= 0.6 is 69.6 Å². The number of unbranched alkanes of at least 4 members (excludes halogenated alkanes) is 3. The maximum Gasteiger partial charge on any atom is 0.250 e. The van der Waals surface area contributed by atoms with Gasteiger partial charge in [-0.05, 0) is 43.0 Å². The van der Waals surface area contributed by atoms with Gasteiger partial charge in [-0.25, -0.2) is 15.0 Å². The number of aromatic nitrogens is 3. The highest BCUT2D eigenvalue weighted by Crippen LogP contribution is 2.40. The van der Waals surface area contributed by atoms with Crippen LogP contribution in [0.5, 0.6) is 5.75 Å². The Morgan fingerprint density at radius 3 is 1.87 bits per heavy atom. The highest BCUT2D eigenvalue weighted by Gasteiger charge is 2.33. The van der Waals surface area contributed by atoms with Crippen LogP contribution in [-0.2, 0) is 7.59 Å². The largest absolute Gasteiger partial charge is 0.494 e. The Morgan fingerprint density at radius 1 is 0.767 bits per heavy atom. The number of alkyl halides is 6. The average Bonchev–Trinajstić information content (AvgIpc) is 2.68. The number of benzene rings is 1. The van der Waals surface area contributed by atoms with Crippen molar-refractivity contribution >= 4 is 81.8 Å². The molecule has 164 valence electrons. The van der Waals surface area contributed by atoms with Gasteiger partial charge >= 0.3 is 0 Å². The van der Waals surface area contributed by atoms with E-state index in [1.54, 1.807) is 12.2 Å². The zero-order valence-electron chi connectivity index (χ0n) is 15.7. The average molecular weight is 534 g/mol. The van der Waals surface area contributed by atoms with Crippen molar-refractivity contribution in [2.75, 3.05) is 13.2 Å². The van der Waals surface area contributed by atoms with Crippen LogP contribution in [0.15, 0.2) is 24.3 Å². The second-order valence-electron chi connectivity index (χ2n) is 6.22. The number of rotatable bonds is 9. The molecule has 2 aromatic rings. The summed E-state index contributed by atoms with van der Waals surface area (Å²) in [5.74, 6) is 0.653. The van der Waals surface area contributed by atoms with Crippen LogP contribution in [0.3, 0.4) is 0 Å². The van der Waals surface area contributed by atoms with Gasteiger partial charge in [0.15, 0.2) is 17.5 Å². The number of aliphatic hydroxyl groups excluding tert-OH is 1. The predicted molar refractivity (Wildman–Crippen MR) is 125 cm³/mol. The molecule has 0 saturated heterocycles. The summed E-state index contributed by atoms with van der Waals surface area (Å²) in [5.41, 5.74) is 0.872. The van der Waals surface area contributed by atoms with Crippen molar-refractivity contribution in [2.45, 2.75) is 33.3 Å². The van der Waals surface area contributed by atoms with E-state index in [-0.39, 0.29) is 24.1 Å². The summed E-state index contributed by atoms with van der Waals surface area (Å²) in [6.07, 6.45) is 7.16. The first kappa shape index (κ1) is 25.7. The van der Waals surface area contributed by atoms with Crippen molar-refractivity contribution in [1.29, 1.82) is 0 Å². The van der Waals surface area contributed by atoms with Crippen LogP contribution < -0.4 is 4.74 Å². The lowest BCUT2D eigenvalue weighted by Crippen LogP contribution is -2.16. The Kier molecular flexibility index (Phi) is 10.2. The predicted octanol–water partition coefficient (Wildman–Crippen LogP) is 6.63. The van der Waals surface area contributed by atoms with E-state index >= 15 is 0 Å². The fraction of sp³-hybridized carbons (Fsp3) is 0.421. The Hall–Kier alpha value is -0.530. The molecule has 0 bridgehead atoms. The second kappa shape index (κ2) is 11.9. The van der Waals surface area contributed by atoms with Gasteiger partial charge in [-0.2, -0.15) is 0 Å². The molecule has 11 heteroatoms. The molecule has 0 amide bonds. The van der Waals surface area contributed by atoms with E-state index in [2.05, 4.69) is 15.0 Å². The van der Waals surface area contributed by atoms with Crippen LogP contribution in [0.2, 0.25) is 0 Å². The van der Waals surface area contributed by atoms with Crippen LogP contribution in [0.1, 0.15) is 48.7 Å². The third-order valence-corrected chi connectivity index (χ3v) is 4.80. The molecule has 0 aliphatic heterocycles. The smallest absolute Gasteiger partial charge is 0.250 e. The number of ether oxygens (including phenoxy) is 1. The lowest BCUT2D eigenvalue weighted by atomic mass is 10.2. The Bertz CT molecular complexity index is 803. The number of halogens is 6. The molecule has 0 aliphatic rings. The second-order valence-corrected chi connectivity index (χ2v) is 10.8. The molecule has 2 rings (SSSR count). The van der Waals surface area contributed by atoms with Gasteiger partial charge in [-0.3, -0.25) is 0 Å². The van der Waals surface area contributed by atoms with Gasteiger partial charge in [-0.1, -0.05) is 94.2 Å². The molecular formula is C19H19Cl6N3O2. The molecule has 0 spiro atoms. The quantitative estimate of drug-likeness (QED) is 0.289. The normalized spacial score (nSPS) is 12.5. The zero-order chi connectivity index (χ0) is 22.2. The maximum atomic E-state index is 8.76. The van der Waals surface area contributed by atoms with Gasteiger partial charge < -0.3 is 9.84 Å². The molecule has 1 aromatic heterocycles. The van der Waals surface area contributed by atoms with E-state index in [0.29, 0.717) is 6.61 Å². The molecular weight excluding hydrogens is 515 g/mol. The molecule has 0 fully saturated rings. The Balaban J connectivity index is 2.04. The van der Waals surface area contributed by atoms with Gasteiger partial charge in [-0.15, -0.1) is 0 Å². The van der Waals surface area contributed by atoms with E-state index in [9.17, 15) is 0 Å². The topological polar surface area (TPSA) is 68.1 Å². The number of aliphatic hydroxyl groups is 1. The standard InChI is InChI=1S/C19H19Cl6N3O2/c20-18(21,22)16-26-15(27-17(28-16)19(23,24)25)10-7-13-5-8-14(9-6-13)30-12-4-2-1-3-11-29/h5-10,29H,1-4,11-12H2. The zero-order valence-corrected chi connectivity index (χ0v) is 20.2. The minimum Gasteiger partial charge on any atom is -0.494 e. The van der Waals surface area contributed by atoms with E-state index < -0.39 is 7.59 Å². The Morgan fingerprint density at radius 2 is 1.33 bits per heavy atom. The molecule has 0 atom stereocenters. The number of hydrogen-bond donors (Lipinski definition) is 1. The van der Waals surface area contributed by atoms with Crippen LogP contribution in [0.25, 0.3) is 12.2 Å². The molecule has 0 radical (unpaired) electrons. The molecule has 5 nitrogen and oxygen atoms in total. The van der Waals surface area contributed by atoms with Crippen LogP contribution in [0, 0.1) is 0 Å². The fourth-order valence-electron chi connectivity index (χ4n) is 2.32. The highest BCUT2D eigenvalue weighted by molar-refractivity contribution is 6.67. The lowest BCUT2D eigenvalue weighted by Gasteiger charge is -2.14. The summed E-state index contributed by atoms with van der Waals surface area (Å²) in [6, 6.07) is 7.48. The fourth-order valence-corrected chi connectivity index (χ4v) is 2.83. The third kappa shape index (κ3) is 8.91. The van der Waals surface area contributed by atoms with Gasteiger partial charge in [0.1, 0.15) is 5.75 Å². The van der Waals surface area contributed by atoms with Gasteiger partial charge in [0.05, 0.1) is 6.61 Å². The number of nitrogens with zero attached hydrogens (tertiary/aromatic N) is 3. The summed E-state index contributed by atoms with van der Waals surface area (Å²) in [7, 11) is 0. The van der Waals surface area contributed by atoms with Crippen molar-refractivity contribution in [3.05, 3.63) is 47.3 Å². The first-order chi connectivity index (χ1) is 14.1. The molecule has 0 saturated carbocycles. The van der Waals surface area contributed by atoms with Crippen molar-refractivity contribution in [1.82, 2.24) is 15.0 Å². The lowest BCUT2D eigenvalue weighted by molar-refractivity contribution is 0.273. The van der Waals surface area contributed by atoms with Gasteiger partial charge in [0.25, 0.3) is 0 Å². The van der Waals surface area contributed by atoms with Crippen LogP contribution in [-0.4, -0.2) is 33.3 Å². The summed E-state index contributed by atoms with van der Waals surface area (Å²) < 4.78 is 1.91.